The number of aliphatic imine (C=N–C) groups is 1. The lowest BCUT2D eigenvalue weighted by atomic mass is 9.68. The normalized spacial score (nSPS) is 12.9. The van der Waals surface area contributed by atoms with Gasteiger partial charge in [-0.05, 0) is 88.3 Å². The van der Waals surface area contributed by atoms with Gasteiger partial charge in [-0.15, -0.1) is 0 Å². The summed E-state index contributed by atoms with van der Waals surface area (Å²) >= 11 is 0. The van der Waals surface area contributed by atoms with E-state index in [4.69, 9.17) is 19.9 Å². The van der Waals surface area contributed by atoms with Crippen LogP contribution < -0.4 is 15.2 Å². The van der Waals surface area contributed by atoms with E-state index >= 15 is 0 Å². The van der Waals surface area contributed by atoms with Gasteiger partial charge >= 0.3 is 0 Å². The molecule has 8 aromatic rings. The van der Waals surface area contributed by atoms with Crippen molar-refractivity contribution < 1.29 is 9.47 Å². The molecule has 1 aliphatic carbocycles. The molecule has 0 bridgehead atoms. The molecule has 0 radical (unpaired) electrons. The molecule has 56 heavy (non-hydrogen) atoms. The molecule has 2 aliphatic rings. The highest BCUT2D eigenvalue weighted by Gasteiger charge is 2.48. The van der Waals surface area contributed by atoms with Crippen LogP contribution in [0.3, 0.4) is 0 Å². The van der Waals surface area contributed by atoms with Gasteiger partial charge in [0.1, 0.15) is 0 Å². The van der Waals surface area contributed by atoms with Crippen molar-refractivity contribution in [2.75, 3.05) is 7.05 Å². The number of ether oxygens (including phenoxy) is 2. The Morgan fingerprint density at radius 2 is 1.11 bits per heavy atom. The monoisotopic (exact) mass is 727 g/mol. The summed E-state index contributed by atoms with van der Waals surface area (Å²) in [5.74, 6) is 2.79. The molecule has 0 atom stereocenters. The molecule has 3 N–H and O–H groups in total. The highest BCUT2D eigenvalue weighted by Crippen LogP contribution is 2.62. The second-order valence-corrected chi connectivity index (χ2v) is 13.4. The largest absolute Gasteiger partial charge is 0.449 e. The van der Waals surface area contributed by atoms with Crippen molar-refractivity contribution in [1.82, 2.24) is 0 Å². The van der Waals surface area contributed by atoms with Gasteiger partial charge < -0.3 is 20.6 Å². The molecule has 8 aromatic carbocycles. The third-order valence-electron chi connectivity index (χ3n) is 10.5. The third kappa shape index (κ3) is 6.14. The fourth-order valence-corrected chi connectivity index (χ4v) is 8.15. The number of rotatable bonds is 6. The zero-order valence-electron chi connectivity index (χ0n) is 31.2. The fraction of sp³-hybridized carbons (Fsp3) is 0.0588. The molecule has 0 aromatic heterocycles. The number of nitrogens with zero attached hydrogens (tertiary/aromatic N) is 1. The second kappa shape index (κ2) is 15.7. The maximum absolute atomic E-state index is 6.90. The highest BCUT2D eigenvalue weighted by molar-refractivity contribution is 6.14. The van der Waals surface area contributed by atoms with E-state index in [1.807, 2.05) is 12.1 Å². The first-order valence-corrected chi connectivity index (χ1v) is 18.7. The van der Waals surface area contributed by atoms with Crippen molar-refractivity contribution in [1.29, 1.82) is 5.41 Å². The van der Waals surface area contributed by atoms with Gasteiger partial charge in [0.25, 0.3) is 0 Å². The molecule has 0 saturated heterocycles. The van der Waals surface area contributed by atoms with Gasteiger partial charge in [0.2, 0.25) is 0 Å². The number of benzene rings is 8. The quantitative estimate of drug-likeness (QED) is 0.167. The number of hydrogen-bond acceptors (Lipinski definition) is 5. The van der Waals surface area contributed by atoms with Crippen LogP contribution in [-0.2, 0) is 12.0 Å². The van der Waals surface area contributed by atoms with Crippen molar-refractivity contribution in [3.05, 3.63) is 227 Å². The van der Waals surface area contributed by atoms with Crippen LogP contribution in [-0.4, -0.2) is 19.5 Å². The predicted octanol–water partition coefficient (Wildman–Crippen LogP) is 12.0. The van der Waals surface area contributed by atoms with Crippen molar-refractivity contribution in [3.63, 3.8) is 0 Å². The van der Waals surface area contributed by atoms with E-state index < -0.39 is 5.41 Å². The molecule has 0 fully saturated rings. The molecule has 272 valence electrons. The molecule has 1 heterocycles. The molecule has 0 amide bonds. The summed E-state index contributed by atoms with van der Waals surface area (Å²) in [4.78, 5) is 5.20. The molecular weight excluding hydrogens is 687 g/mol. The molecule has 0 spiro atoms. The molecular formula is C51H41N3O2. The zero-order chi connectivity index (χ0) is 38.5. The Hall–Kier alpha value is -7.08. The lowest BCUT2D eigenvalue weighted by Gasteiger charge is -2.34. The maximum Gasteiger partial charge on any atom is 0.178 e. The minimum Gasteiger partial charge on any atom is -0.449 e. The van der Waals surface area contributed by atoms with Crippen LogP contribution in [0.25, 0.3) is 21.9 Å². The van der Waals surface area contributed by atoms with Gasteiger partial charge in [-0.25, -0.2) is 0 Å². The van der Waals surface area contributed by atoms with E-state index in [2.05, 4.69) is 188 Å². The van der Waals surface area contributed by atoms with Crippen LogP contribution in [0.1, 0.15) is 38.9 Å². The second-order valence-electron chi connectivity index (χ2n) is 13.4. The van der Waals surface area contributed by atoms with E-state index in [1.165, 1.54) is 40.1 Å². The Kier molecular flexibility index (Phi) is 10.1. The highest BCUT2D eigenvalue weighted by atomic mass is 16.6. The van der Waals surface area contributed by atoms with Crippen molar-refractivity contribution in [2.24, 2.45) is 10.7 Å². The maximum atomic E-state index is 6.90. The Balaban J connectivity index is 0.00000107. The first-order chi connectivity index (χ1) is 27.8. The van der Waals surface area contributed by atoms with Gasteiger partial charge in [-0.1, -0.05) is 158 Å². The first-order valence-electron chi connectivity index (χ1n) is 18.7. The molecule has 0 saturated carbocycles. The van der Waals surface area contributed by atoms with Crippen LogP contribution in [0.2, 0.25) is 0 Å². The minimum absolute atomic E-state index is 0.513. The van der Waals surface area contributed by atoms with Crippen LogP contribution in [0, 0.1) is 5.41 Å². The summed E-state index contributed by atoms with van der Waals surface area (Å²) in [5.41, 5.74) is 15.1. The number of hydrogen-bond donors (Lipinski definition) is 2. The van der Waals surface area contributed by atoms with E-state index in [0.717, 1.165) is 39.3 Å². The summed E-state index contributed by atoms with van der Waals surface area (Å²) in [5, 5.41) is 7.88. The SMILES string of the molecule is C=N.CN.c1ccc(CN=C(c2ccc3c(c2)Oc2ccc4c(c2O3)-c2ccccc2C4(c2ccccc2)c2ccccc2)c2ccc3ccccc3c2)cc1. The zero-order valence-corrected chi connectivity index (χ0v) is 31.2. The predicted molar refractivity (Wildman–Crippen MR) is 230 cm³/mol. The number of nitrogens with one attached hydrogen (secondary N) is 1. The van der Waals surface area contributed by atoms with Gasteiger partial charge in [0.15, 0.2) is 23.0 Å². The van der Waals surface area contributed by atoms with Crippen LogP contribution >= 0.6 is 0 Å². The summed E-state index contributed by atoms with van der Waals surface area (Å²) in [6, 6.07) is 66.2. The van der Waals surface area contributed by atoms with Gasteiger partial charge in [-0.3, -0.25) is 4.99 Å². The summed E-state index contributed by atoms with van der Waals surface area (Å²) < 4.78 is 13.7. The van der Waals surface area contributed by atoms with Crippen molar-refractivity contribution >= 4 is 23.2 Å². The van der Waals surface area contributed by atoms with E-state index in [1.54, 1.807) is 0 Å². The number of fused-ring (bicyclic) bond motifs is 7. The Morgan fingerprint density at radius 3 is 1.82 bits per heavy atom. The van der Waals surface area contributed by atoms with Gasteiger partial charge in [-0.2, -0.15) is 0 Å². The summed E-state index contributed by atoms with van der Waals surface area (Å²) in [7, 11) is 1.50. The van der Waals surface area contributed by atoms with Crippen LogP contribution in [0.5, 0.6) is 23.0 Å². The van der Waals surface area contributed by atoms with Gasteiger partial charge in [0.05, 0.1) is 17.7 Å². The lowest BCUT2D eigenvalue weighted by Crippen LogP contribution is -2.28. The summed E-state index contributed by atoms with van der Waals surface area (Å²) in [6.07, 6.45) is 0. The minimum atomic E-state index is -0.513. The molecule has 1 aliphatic heterocycles. The van der Waals surface area contributed by atoms with Gasteiger partial charge in [0, 0.05) is 16.7 Å². The topological polar surface area (TPSA) is 80.7 Å². The smallest absolute Gasteiger partial charge is 0.178 e. The standard InChI is InChI=1S/C49H33NO2.CH5N.CH3N/c1-4-14-33(15-5-1)32-50-47(36-25-24-34-16-10-11-17-35(34)30-36)37-26-28-43-45(31-37)51-44-29-27-42-46(48(44)52-43)40-22-12-13-23-41(40)49(42,38-18-6-2-7-19-38)39-20-8-3-9-21-39;2*1-2/h1-31H,32H2;2H2,1H3;2H,1H2. The average Bonchev–Trinajstić information content (AvgIpc) is 3.59. The molecule has 0 unspecified atom stereocenters. The Bertz CT molecular complexity index is 2630. The average molecular weight is 728 g/mol. The fourth-order valence-electron chi connectivity index (χ4n) is 8.15. The van der Waals surface area contributed by atoms with E-state index in [9.17, 15) is 0 Å². The first kappa shape index (κ1) is 35.9. The lowest BCUT2D eigenvalue weighted by molar-refractivity contribution is 0.360. The van der Waals surface area contributed by atoms with Crippen LogP contribution in [0.4, 0.5) is 0 Å². The van der Waals surface area contributed by atoms with E-state index in [-0.39, 0.29) is 0 Å². The van der Waals surface area contributed by atoms with Crippen molar-refractivity contribution in [2.45, 2.75) is 12.0 Å². The van der Waals surface area contributed by atoms with Crippen LogP contribution in [0.15, 0.2) is 193 Å². The number of nitrogens with two attached hydrogens (primary N) is 1. The Labute approximate surface area is 327 Å². The van der Waals surface area contributed by atoms with E-state index in [0.29, 0.717) is 23.8 Å². The van der Waals surface area contributed by atoms with Crippen molar-refractivity contribution in [3.8, 4) is 34.1 Å². The summed E-state index contributed by atoms with van der Waals surface area (Å²) in [6.45, 7) is 3.07. The molecule has 5 heteroatoms. The third-order valence-corrected chi connectivity index (χ3v) is 10.5. The molecule has 5 nitrogen and oxygen atoms in total. The molecule has 10 rings (SSSR count). The Morgan fingerprint density at radius 1 is 0.536 bits per heavy atom.